The summed E-state index contributed by atoms with van der Waals surface area (Å²) in [6, 6.07) is 0. The van der Waals surface area contributed by atoms with E-state index in [1.165, 1.54) is 0 Å². The van der Waals surface area contributed by atoms with E-state index < -0.39 is 0 Å². The summed E-state index contributed by atoms with van der Waals surface area (Å²) in [6.45, 7) is 10.4. The summed E-state index contributed by atoms with van der Waals surface area (Å²) in [4.78, 5) is 0. The Kier molecular flexibility index (Phi) is 13.7. The van der Waals surface area contributed by atoms with E-state index in [1.807, 2.05) is 20.3 Å². The maximum absolute atomic E-state index is 2.17. The second-order valence-electron chi connectivity index (χ2n) is 2.15. The molecule has 2 radical (unpaired) electrons. The molecule has 0 aliphatic rings. The van der Waals surface area contributed by atoms with Crippen LogP contribution in [0.1, 0.15) is 34.6 Å². The third kappa shape index (κ3) is 37.5. The van der Waals surface area contributed by atoms with Crippen molar-refractivity contribution in [2.75, 3.05) is 0 Å². The topological polar surface area (TPSA) is 0 Å². The molecule has 50 valence electrons. The summed E-state index contributed by atoms with van der Waals surface area (Å²) in [5.74, 6) is 0.759. The SMILES string of the molecule is C[CH]C.C[CH]C(C)C. The first-order chi connectivity index (χ1) is 3.68. The van der Waals surface area contributed by atoms with Gasteiger partial charge in [0.2, 0.25) is 0 Å². The number of hydrogen-bond acceptors (Lipinski definition) is 0. The van der Waals surface area contributed by atoms with E-state index in [2.05, 4.69) is 27.2 Å². The molecule has 0 fully saturated rings. The Morgan fingerprint density at radius 3 is 1.12 bits per heavy atom. The van der Waals surface area contributed by atoms with E-state index >= 15 is 0 Å². The fraction of sp³-hybridized carbons (Fsp3) is 0.750. The molecular formula is C8H18. The Bertz CT molecular complexity index is 21.2. The smallest absolute Gasteiger partial charge is 0.0391 e. The molecule has 0 aliphatic heterocycles. The van der Waals surface area contributed by atoms with Crippen LogP contribution in [0.15, 0.2) is 0 Å². The van der Waals surface area contributed by atoms with Gasteiger partial charge in [0.25, 0.3) is 0 Å². The lowest BCUT2D eigenvalue weighted by Gasteiger charge is -1.90. The molecule has 0 nitrogen and oxygen atoms in total. The predicted octanol–water partition coefficient (Wildman–Crippen LogP) is 3.10. The van der Waals surface area contributed by atoms with Gasteiger partial charge in [-0.25, -0.2) is 0 Å². The van der Waals surface area contributed by atoms with Crippen LogP contribution in [0.2, 0.25) is 0 Å². The van der Waals surface area contributed by atoms with Gasteiger partial charge in [-0.3, -0.25) is 0 Å². The Morgan fingerprint density at radius 1 is 1.00 bits per heavy atom. The Labute approximate surface area is 54.3 Å². The Hall–Kier alpha value is 0. The zero-order valence-electron chi connectivity index (χ0n) is 6.73. The molecule has 0 amide bonds. The first kappa shape index (κ1) is 10.9. The van der Waals surface area contributed by atoms with Gasteiger partial charge >= 0.3 is 0 Å². The van der Waals surface area contributed by atoms with Crippen molar-refractivity contribution in [3.05, 3.63) is 12.8 Å². The lowest BCUT2D eigenvalue weighted by molar-refractivity contribution is 0.762. The average Bonchev–Trinajstić information content (AvgIpc) is 1.69. The van der Waals surface area contributed by atoms with E-state index in [4.69, 9.17) is 0 Å². The molecule has 0 aromatic heterocycles. The zero-order valence-corrected chi connectivity index (χ0v) is 6.73. The molecule has 0 N–H and O–H groups in total. The van der Waals surface area contributed by atoms with E-state index in [9.17, 15) is 0 Å². The highest BCUT2D eigenvalue weighted by atomic mass is 13.9. The normalized spacial score (nSPS) is 8.25. The maximum atomic E-state index is 2.17. The highest BCUT2D eigenvalue weighted by Gasteiger charge is 1.80. The van der Waals surface area contributed by atoms with Gasteiger partial charge in [-0.2, -0.15) is 0 Å². The van der Waals surface area contributed by atoms with Crippen LogP contribution in [0.4, 0.5) is 0 Å². The van der Waals surface area contributed by atoms with Gasteiger partial charge in [0.15, 0.2) is 0 Å². The molecule has 0 saturated heterocycles. The summed E-state index contributed by atoms with van der Waals surface area (Å²) in [5.41, 5.74) is 0. The van der Waals surface area contributed by atoms with Gasteiger partial charge in [-0.1, -0.05) is 34.6 Å². The van der Waals surface area contributed by atoms with Crippen molar-refractivity contribution in [2.45, 2.75) is 34.6 Å². The third-order valence-electron chi connectivity index (χ3n) is 0.667. The second-order valence-corrected chi connectivity index (χ2v) is 2.15. The molecule has 0 bridgehead atoms. The quantitative estimate of drug-likeness (QED) is 0.491. The van der Waals surface area contributed by atoms with Crippen LogP contribution in [0.3, 0.4) is 0 Å². The van der Waals surface area contributed by atoms with Crippen molar-refractivity contribution in [3.63, 3.8) is 0 Å². The van der Waals surface area contributed by atoms with Crippen LogP contribution in [0, 0.1) is 18.8 Å². The highest BCUT2D eigenvalue weighted by molar-refractivity contribution is 4.58. The van der Waals surface area contributed by atoms with Crippen LogP contribution >= 0.6 is 0 Å². The van der Waals surface area contributed by atoms with Crippen LogP contribution in [-0.4, -0.2) is 0 Å². The minimum Gasteiger partial charge on any atom is -0.0625 e. The summed E-state index contributed by atoms with van der Waals surface area (Å²) in [5, 5.41) is 0. The van der Waals surface area contributed by atoms with Crippen LogP contribution < -0.4 is 0 Å². The molecule has 0 aromatic rings. The molecule has 8 heavy (non-hydrogen) atoms. The molecular weight excluding hydrogens is 96.1 g/mol. The van der Waals surface area contributed by atoms with Gasteiger partial charge in [-0.15, -0.1) is 0 Å². The fourth-order valence-electron chi connectivity index (χ4n) is 0. The minimum absolute atomic E-state index is 0.759. The summed E-state index contributed by atoms with van der Waals surface area (Å²) in [7, 11) is 0. The largest absolute Gasteiger partial charge is 0.0625 e. The molecule has 0 aliphatic carbocycles. The van der Waals surface area contributed by atoms with Gasteiger partial charge in [-0.05, 0) is 18.8 Å². The van der Waals surface area contributed by atoms with Gasteiger partial charge in [0.05, 0.1) is 0 Å². The third-order valence-corrected chi connectivity index (χ3v) is 0.667. The van der Waals surface area contributed by atoms with Gasteiger partial charge in [0.1, 0.15) is 0 Å². The van der Waals surface area contributed by atoms with Crippen LogP contribution in [0.5, 0.6) is 0 Å². The van der Waals surface area contributed by atoms with Crippen molar-refractivity contribution in [1.82, 2.24) is 0 Å². The molecule has 0 saturated carbocycles. The lowest BCUT2D eigenvalue weighted by atomic mass is 10.2. The molecule has 0 heterocycles. The van der Waals surface area contributed by atoms with E-state index in [-0.39, 0.29) is 0 Å². The van der Waals surface area contributed by atoms with Crippen molar-refractivity contribution in [1.29, 1.82) is 0 Å². The molecule has 0 aromatic carbocycles. The lowest BCUT2D eigenvalue weighted by Crippen LogP contribution is -1.78. The van der Waals surface area contributed by atoms with Crippen molar-refractivity contribution < 1.29 is 0 Å². The molecule has 0 spiro atoms. The first-order valence-corrected chi connectivity index (χ1v) is 3.22. The van der Waals surface area contributed by atoms with E-state index in [0.29, 0.717) is 0 Å². The maximum Gasteiger partial charge on any atom is -0.0391 e. The van der Waals surface area contributed by atoms with Crippen molar-refractivity contribution in [2.24, 2.45) is 5.92 Å². The minimum atomic E-state index is 0.759. The Balaban J connectivity index is 0. The summed E-state index contributed by atoms with van der Waals surface area (Å²) < 4.78 is 0. The molecule has 0 rings (SSSR count). The standard InChI is InChI=1S/C5H11.C3H7/c1-4-5(2)3;1-3-2/h4-5H,1-3H3;3H,1-2H3. The number of hydrogen-bond donors (Lipinski definition) is 0. The fourth-order valence-corrected chi connectivity index (χ4v) is 0. The van der Waals surface area contributed by atoms with Crippen molar-refractivity contribution >= 4 is 0 Å². The molecule has 0 unspecified atom stereocenters. The van der Waals surface area contributed by atoms with Crippen molar-refractivity contribution in [3.8, 4) is 0 Å². The first-order valence-electron chi connectivity index (χ1n) is 3.22. The van der Waals surface area contributed by atoms with Gasteiger partial charge < -0.3 is 0 Å². The zero-order chi connectivity index (χ0) is 6.99. The van der Waals surface area contributed by atoms with Gasteiger partial charge in [0, 0.05) is 0 Å². The molecule has 0 atom stereocenters. The van der Waals surface area contributed by atoms with Crippen LogP contribution in [-0.2, 0) is 0 Å². The second kappa shape index (κ2) is 10.1. The van der Waals surface area contributed by atoms with E-state index in [1.54, 1.807) is 0 Å². The van der Waals surface area contributed by atoms with E-state index in [0.717, 1.165) is 5.92 Å². The molecule has 0 heteroatoms. The average molecular weight is 114 g/mol. The predicted molar refractivity (Wildman–Crippen MR) is 40.5 cm³/mol. The summed E-state index contributed by atoms with van der Waals surface area (Å²) in [6.07, 6.45) is 4.17. The monoisotopic (exact) mass is 114 g/mol. The van der Waals surface area contributed by atoms with Crippen LogP contribution in [0.25, 0.3) is 0 Å². The Morgan fingerprint density at radius 2 is 1.12 bits per heavy atom. The number of rotatable bonds is 1. The highest BCUT2D eigenvalue weighted by Crippen LogP contribution is 1.92. The summed E-state index contributed by atoms with van der Waals surface area (Å²) >= 11 is 0.